The van der Waals surface area contributed by atoms with E-state index in [2.05, 4.69) is 15.1 Å². The number of anilines is 1. The quantitative estimate of drug-likeness (QED) is 0.569. The molecule has 0 aliphatic heterocycles. The molecule has 0 saturated carbocycles. The fourth-order valence-electron chi connectivity index (χ4n) is 1.96. The molecule has 0 atom stereocenters. The van der Waals surface area contributed by atoms with Crippen molar-refractivity contribution < 1.29 is 4.42 Å². The Labute approximate surface area is 117 Å². The number of hydrogen-bond donors (Lipinski definition) is 1. The van der Waals surface area contributed by atoms with Gasteiger partial charge in [0.15, 0.2) is 5.58 Å². The predicted molar refractivity (Wildman–Crippen MR) is 75.5 cm³/mol. The minimum atomic E-state index is 0.535. The van der Waals surface area contributed by atoms with E-state index in [1.54, 1.807) is 35.2 Å². The van der Waals surface area contributed by atoms with Gasteiger partial charge in [-0.15, -0.1) is 0 Å². The predicted octanol–water partition coefficient (Wildman–Crippen LogP) is 2.60. The van der Waals surface area contributed by atoms with Gasteiger partial charge in [0.2, 0.25) is 0 Å². The van der Waals surface area contributed by atoms with E-state index < -0.39 is 0 Å². The molecule has 4 rings (SSSR count). The van der Waals surface area contributed by atoms with Gasteiger partial charge in [0, 0.05) is 18.1 Å². The summed E-state index contributed by atoms with van der Waals surface area (Å²) in [5.74, 6) is 0. The first-order valence-electron chi connectivity index (χ1n) is 5.92. The second kappa shape index (κ2) is 4.24. The summed E-state index contributed by atoms with van der Waals surface area (Å²) in [7, 11) is 0. The van der Waals surface area contributed by atoms with E-state index in [0.29, 0.717) is 16.5 Å². The molecule has 0 radical (unpaired) electrons. The number of hydrogen-bond acceptors (Lipinski definition) is 6. The van der Waals surface area contributed by atoms with E-state index in [-0.39, 0.29) is 0 Å². The van der Waals surface area contributed by atoms with Gasteiger partial charge in [-0.05, 0) is 36.0 Å². The van der Waals surface area contributed by atoms with Gasteiger partial charge >= 0.3 is 0 Å². The molecule has 0 saturated heterocycles. The zero-order valence-corrected chi connectivity index (χ0v) is 11.0. The van der Waals surface area contributed by atoms with E-state index in [4.69, 9.17) is 10.2 Å². The number of nitrogens with two attached hydrogens (primary N) is 1. The summed E-state index contributed by atoms with van der Waals surface area (Å²) in [6, 6.07) is 7.29. The minimum absolute atomic E-state index is 0.535. The van der Waals surface area contributed by atoms with Crippen molar-refractivity contribution in [3.05, 3.63) is 42.9 Å². The van der Waals surface area contributed by atoms with Crippen LogP contribution in [0, 0.1) is 0 Å². The molecule has 0 fully saturated rings. The molecule has 0 aliphatic rings. The monoisotopic (exact) mass is 283 g/mol. The summed E-state index contributed by atoms with van der Waals surface area (Å²) in [5, 5.41) is 5.50. The van der Waals surface area contributed by atoms with Gasteiger partial charge in [-0.2, -0.15) is 5.10 Å². The summed E-state index contributed by atoms with van der Waals surface area (Å²) in [6.07, 6.45) is 5.23. The van der Waals surface area contributed by atoms with E-state index in [1.807, 2.05) is 12.1 Å². The van der Waals surface area contributed by atoms with E-state index >= 15 is 0 Å². The van der Waals surface area contributed by atoms with Gasteiger partial charge < -0.3 is 10.2 Å². The summed E-state index contributed by atoms with van der Waals surface area (Å²) in [5.41, 5.74) is 8.77. The first-order chi connectivity index (χ1) is 9.79. The Morgan fingerprint density at radius 1 is 1.20 bits per heavy atom. The topological polar surface area (TPSA) is 82.2 Å². The smallest absolute Gasteiger partial charge is 0.263 e. The van der Waals surface area contributed by atoms with Crippen LogP contribution in [-0.2, 0) is 0 Å². The normalized spacial score (nSPS) is 11.4. The average molecular weight is 283 g/mol. The van der Waals surface area contributed by atoms with Crippen LogP contribution >= 0.6 is 11.8 Å². The summed E-state index contributed by atoms with van der Waals surface area (Å²) >= 11 is 1.36. The standard InChI is InChI=1S/C13H9N5OS/c14-8-1-2-11-9(7-8)17-13(19-11)20-12-10-3-4-16-18(10)6-5-15-12/h1-7H,14H2. The third-order valence-electron chi connectivity index (χ3n) is 2.87. The zero-order valence-electron chi connectivity index (χ0n) is 10.2. The lowest BCUT2D eigenvalue weighted by atomic mass is 10.3. The number of oxazole rings is 1. The summed E-state index contributed by atoms with van der Waals surface area (Å²) in [6.45, 7) is 0. The first kappa shape index (κ1) is 11.3. The zero-order chi connectivity index (χ0) is 13.5. The molecule has 0 spiro atoms. The van der Waals surface area contributed by atoms with Gasteiger partial charge in [-0.1, -0.05) is 0 Å². The van der Waals surface area contributed by atoms with Gasteiger partial charge in [0.1, 0.15) is 10.5 Å². The number of rotatable bonds is 2. The molecule has 4 aromatic rings. The van der Waals surface area contributed by atoms with Gasteiger partial charge in [-0.25, -0.2) is 14.5 Å². The fourth-order valence-corrected chi connectivity index (χ4v) is 2.78. The molecule has 7 heteroatoms. The SMILES string of the molecule is Nc1ccc2oc(Sc3nccn4nccc34)nc2c1. The first-order valence-corrected chi connectivity index (χ1v) is 6.73. The molecule has 0 amide bonds. The van der Waals surface area contributed by atoms with Crippen LogP contribution in [0.5, 0.6) is 0 Å². The third-order valence-corrected chi connectivity index (χ3v) is 3.72. The number of fused-ring (bicyclic) bond motifs is 2. The van der Waals surface area contributed by atoms with Crippen molar-refractivity contribution in [1.82, 2.24) is 19.6 Å². The van der Waals surface area contributed by atoms with Gasteiger partial charge in [0.25, 0.3) is 5.22 Å². The Balaban J connectivity index is 1.78. The minimum Gasteiger partial charge on any atom is -0.431 e. The van der Waals surface area contributed by atoms with Crippen molar-refractivity contribution in [3.8, 4) is 0 Å². The second-order valence-electron chi connectivity index (χ2n) is 4.20. The highest BCUT2D eigenvalue weighted by molar-refractivity contribution is 7.99. The van der Waals surface area contributed by atoms with Crippen LogP contribution in [-0.4, -0.2) is 19.6 Å². The van der Waals surface area contributed by atoms with Crippen LogP contribution in [0.2, 0.25) is 0 Å². The Morgan fingerprint density at radius 2 is 2.15 bits per heavy atom. The lowest BCUT2D eigenvalue weighted by Gasteiger charge is -1.98. The van der Waals surface area contributed by atoms with Crippen molar-refractivity contribution in [2.45, 2.75) is 10.2 Å². The van der Waals surface area contributed by atoms with Crippen LogP contribution in [0.1, 0.15) is 0 Å². The number of aromatic nitrogens is 4. The molecule has 0 bridgehead atoms. The van der Waals surface area contributed by atoms with Crippen LogP contribution in [0.15, 0.2) is 57.5 Å². The molecular formula is C13H9N5OS. The molecule has 0 unspecified atom stereocenters. The van der Waals surface area contributed by atoms with Crippen molar-refractivity contribution >= 4 is 34.1 Å². The summed E-state index contributed by atoms with van der Waals surface area (Å²) < 4.78 is 7.44. The van der Waals surface area contributed by atoms with Crippen molar-refractivity contribution in [2.24, 2.45) is 0 Å². The van der Waals surface area contributed by atoms with Crippen molar-refractivity contribution in [2.75, 3.05) is 5.73 Å². The number of nitrogens with zero attached hydrogens (tertiary/aromatic N) is 4. The molecule has 6 nitrogen and oxygen atoms in total. The Kier molecular flexibility index (Phi) is 2.40. The van der Waals surface area contributed by atoms with Crippen LogP contribution < -0.4 is 5.73 Å². The number of benzene rings is 1. The maximum Gasteiger partial charge on any atom is 0.263 e. The Bertz CT molecular complexity index is 913. The van der Waals surface area contributed by atoms with Crippen LogP contribution in [0.4, 0.5) is 5.69 Å². The van der Waals surface area contributed by atoms with Crippen LogP contribution in [0.25, 0.3) is 16.6 Å². The van der Waals surface area contributed by atoms with E-state index in [9.17, 15) is 0 Å². The van der Waals surface area contributed by atoms with Crippen molar-refractivity contribution in [1.29, 1.82) is 0 Å². The highest BCUT2D eigenvalue weighted by Crippen LogP contribution is 2.31. The largest absolute Gasteiger partial charge is 0.431 e. The molecule has 3 heterocycles. The van der Waals surface area contributed by atoms with E-state index in [1.165, 1.54) is 11.8 Å². The molecule has 0 aliphatic carbocycles. The lowest BCUT2D eigenvalue weighted by molar-refractivity contribution is 0.489. The van der Waals surface area contributed by atoms with Gasteiger partial charge in [0.05, 0.1) is 11.7 Å². The highest BCUT2D eigenvalue weighted by Gasteiger charge is 2.11. The maximum atomic E-state index is 5.73. The maximum absolute atomic E-state index is 5.73. The second-order valence-corrected chi connectivity index (χ2v) is 5.14. The molecule has 20 heavy (non-hydrogen) atoms. The molecule has 1 aromatic carbocycles. The van der Waals surface area contributed by atoms with Gasteiger partial charge in [-0.3, -0.25) is 0 Å². The Morgan fingerprint density at radius 3 is 3.10 bits per heavy atom. The third kappa shape index (κ3) is 1.79. The van der Waals surface area contributed by atoms with Crippen LogP contribution in [0.3, 0.4) is 0 Å². The molecular weight excluding hydrogens is 274 g/mol. The molecule has 2 N–H and O–H groups in total. The number of nitrogen functional groups attached to an aromatic ring is 1. The average Bonchev–Trinajstić information content (AvgIpc) is 3.04. The fraction of sp³-hybridized carbons (Fsp3) is 0. The molecule has 3 aromatic heterocycles. The highest BCUT2D eigenvalue weighted by atomic mass is 32.2. The summed E-state index contributed by atoms with van der Waals surface area (Å²) in [4.78, 5) is 8.75. The van der Waals surface area contributed by atoms with Crippen molar-refractivity contribution in [3.63, 3.8) is 0 Å². The lowest BCUT2D eigenvalue weighted by Crippen LogP contribution is -1.90. The Hall–Kier alpha value is -2.54. The van der Waals surface area contributed by atoms with E-state index in [0.717, 1.165) is 16.1 Å². The molecule has 98 valence electrons.